The first-order valence-corrected chi connectivity index (χ1v) is 7.26. The lowest BCUT2D eigenvalue weighted by Crippen LogP contribution is -2.23. The summed E-state index contributed by atoms with van der Waals surface area (Å²) in [5, 5.41) is 0. The molecule has 0 heterocycles. The van der Waals surface area contributed by atoms with E-state index in [0.29, 0.717) is 0 Å². The predicted molar refractivity (Wildman–Crippen MR) is 87.1 cm³/mol. The van der Waals surface area contributed by atoms with Crippen molar-refractivity contribution in [1.29, 1.82) is 0 Å². The third-order valence-corrected chi connectivity index (χ3v) is 3.70. The van der Waals surface area contributed by atoms with E-state index in [1.165, 1.54) is 28.9 Å². The smallest absolute Gasteiger partial charge is 0.123 e. The molecule has 0 amide bonds. The second-order valence-electron chi connectivity index (χ2n) is 5.72. The first kappa shape index (κ1) is 15.5. The zero-order chi connectivity index (χ0) is 15.4. The van der Waals surface area contributed by atoms with E-state index < -0.39 is 0 Å². The van der Waals surface area contributed by atoms with Crippen LogP contribution in [0.1, 0.15) is 29.2 Å². The zero-order valence-corrected chi connectivity index (χ0v) is 12.9. The van der Waals surface area contributed by atoms with Gasteiger partial charge in [0.05, 0.1) is 0 Å². The van der Waals surface area contributed by atoms with Crippen molar-refractivity contribution in [3.8, 4) is 0 Å². The van der Waals surface area contributed by atoms with Crippen molar-refractivity contribution in [1.82, 2.24) is 0 Å². The first-order valence-electron chi connectivity index (χ1n) is 7.26. The van der Waals surface area contributed by atoms with Gasteiger partial charge in [-0.3, -0.25) is 0 Å². The molecule has 0 aliphatic carbocycles. The summed E-state index contributed by atoms with van der Waals surface area (Å²) in [4.78, 5) is 2.19. The molecule has 2 rings (SSSR count). The van der Waals surface area contributed by atoms with Gasteiger partial charge in [0.15, 0.2) is 0 Å². The summed E-state index contributed by atoms with van der Waals surface area (Å²) in [5.41, 5.74) is 10.7. The maximum Gasteiger partial charge on any atom is 0.123 e. The highest BCUT2D eigenvalue weighted by Crippen LogP contribution is 2.20. The van der Waals surface area contributed by atoms with Crippen LogP contribution in [0, 0.1) is 19.7 Å². The average Bonchev–Trinajstić information content (AvgIpc) is 2.43. The Morgan fingerprint density at radius 1 is 1.10 bits per heavy atom. The Bertz CT molecular complexity index is 590. The molecule has 0 aliphatic heterocycles. The number of aryl methyl sites for hydroxylation is 2. The Kier molecular flexibility index (Phi) is 4.97. The number of anilines is 1. The molecule has 0 fully saturated rings. The topological polar surface area (TPSA) is 29.3 Å². The number of hydrogen-bond acceptors (Lipinski definition) is 2. The van der Waals surface area contributed by atoms with Crippen LogP contribution in [0.15, 0.2) is 42.5 Å². The Morgan fingerprint density at radius 2 is 1.76 bits per heavy atom. The summed E-state index contributed by atoms with van der Waals surface area (Å²) < 4.78 is 13.2. The fraction of sp³-hybridized carbons (Fsp3) is 0.333. The molecule has 0 bridgehead atoms. The van der Waals surface area contributed by atoms with Gasteiger partial charge in [-0.15, -0.1) is 0 Å². The summed E-state index contributed by atoms with van der Waals surface area (Å²) in [6.07, 6.45) is 0.785. The standard InChI is InChI=1S/C18H23FN2/c1-13-9-14(2)11-17(10-13)21(3)8-7-18(20)15-5-4-6-16(19)12-15/h4-6,9-12,18H,7-8,20H2,1-3H3. The molecule has 3 heteroatoms. The van der Waals surface area contributed by atoms with Crippen molar-refractivity contribution in [2.24, 2.45) is 5.73 Å². The van der Waals surface area contributed by atoms with E-state index in [4.69, 9.17) is 5.73 Å². The molecule has 0 aromatic heterocycles. The van der Waals surface area contributed by atoms with Gasteiger partial charge in [-0.05, 0) is 61.2 Å². The molecule has 0 saturated carbocycles. The van der Waals surface area contributed by atoms with Gasteiger partial charge in [-0.1, -0.05) is 18.2 Å². The van der Waals surface area contributed by atoms with E-state index in [1.807, 2.05) is 6.07 Å². The maximum atomic E-state index is 13.2. The van der Waals surface area contributed by atoms with Crippen LogP contribution >= 0.6 is 0 Å². The quantitative estimate of drug-likeness (QED) is 0.901. The van der Waals surface area contributed by atoms with Crippen LogP contribution in [0.25, 0.3) is 0 Å². The number of rotatable bonds is 5. The van der Waals surface area contributed by atoms with Crippen molar-refractivity contribution >= 4 is 5.69 Å². The number of hydrogen-bond donors (Lipinski definition) is 1. The fourth-order valence-electron chi connectivity index (χ4n) is 2.54. The van der Waals surface area contributed by atoms with Crippen LogP contribution in [0.2, 0.25) is 0 Å². The Balaban J connectivity index is 1.98. The van der Waals surface area contributed by atoms with Crippen molar-refractivity contribution in [2.75, 3.05) is 18.5 Å². The van der Waals surface area contributed by atoms with Gasteiger partial charge in [0.25, 0.3) is 0 Å². The number of nitrogens with two attached hydrogens (primary N) is 1. The average molecular weight is 286 g/mol. The molecule has 0 radical (unpaired) electrons. The van der Waals surface area contributed by atoms with Gasteiger partial charge >= 0.3 is 0 Å². The molecular weight excluding hydrogens is 263 g/mol. The highest BCUT2D eigenvalue weighted by molar-refractivity contribution is 5.50. The van der Waals surface area contributed by atoms with E-state index in [9.17, 15) is 4.39 Å². The van der Waals surface area contributed by atoms with Crippen molar-refractivity contribution in [3.05, 3.63) is 65.0 Å². The van der Waals surface area contributed by atoms with Gasteiger partial charge in [0, 0.05) is 25.3 Å². The number of halogens is 1. The van der Waals surface area contributed by atoms with E-state index in [0.717, 1.165) is 18.5 Å². The minimum atomic E-state index is -0.231. The zero-order valence-electron chi connectivity index (χ0n) is 12.9. The molecule has 0 spiro atoms. The molecule has 2 aromatic rings. The lowest BCUT2D eigenvalue weighted by Gasteiger charge is -2.22. The minimum Gasteiger partial charge on any atom is -0.375 e. The molecule has 0 saturated heterocycles. The summed E-state index contributed by atoms with van der Waals surface area (Å²) in [5.74, 6) is -0.231. The summed E-state index contributed by atoms with van der Waals surface area (Å²) in [6, 6.07) is 12.9. The van der Waals surface area contributed by atoms with Gasteiger partial charge in [0.2, 0.25) is 0 Å². The molecule has 112 valence electrons. The summed E-state index contributed by atoms with van der Waals surface area (Å²) >= 11 is 0. The predicted octanol–water partition coefficient (Wildman–Crippen LogP) is 3.97. The third-order valence-electron chi connectivity index (χ3n) is 3.70. The van der Waals surface area contributed by atoms with Crippen LogP contribution in [0.3, 0.4) is 0 Å². The van der Waals surface area contributed by atoms with Gasteiger partial charge < -0.3 is 10.6 Å². The second-order valence-corrected chi connectivity index (χ2v) is 5.72. The largest absolute Gasteiger partial charge is 0.375 e. The molecule has 0 aliphatic rings. The van der Waals surface area contributed by atoms with Crippen LogP contribution in [-0.4, -0.2) is 13.6 Å². The summed E-state index contributed by atoms with van der Waals surface area (Å²) in [7, 11) is 2.06. The first-order chi connectivity index (χ1) is 9.95. The van der Waals surface area contributed by atoms with Crippen LogP contribution in [0.5, 0.6) is 0 Å². The Labute approximate surface area is 126 Å². The SMILES string of the molecule is Cc1cc(C)cc(N(C)CCC(N)c2cccc(F)c2)c1. The van der Waals surface area contributed by atoms with E-state index in [2.05, 4.69) is 44.0 Å². The molecule has 21 heavy (non-hydrogen) atoms. The maximum absolute atomic E-state index is 13.2. The van der Waals surface area contributed by atoms with Crippen molar-refractivity contribution in [2.45, 2.75) is 26.3 Å². The lowest BCUT2D eigenvalue weighted by molar-refractivity contribution is 0.608. The van der Waals surface area contributed by atoms with Crippen LogP contribution in [0.4, 0.5) is 10.1 Å². The van der Waals surface area contributed by atoms with E-state index in [-0.39, 0.29) is 11.9 Å². The lowest BCUT2D eigenvalue weighted by atomic mass is 10.0. The molecule has 2 aromatic carbocycles. The van der Waals surface area contributed by atoms with Crippen LogP contribution < -0.4 is 10.6 Å². The molecule has 2 N–H and O–H groups in total. The normalized spacial score (nSPS) is 12.2. The minimum absolute atomic E-state index is 0.144. The second kappa shape index (κ2) is 6.72. The third kappa shape index (κ3) is 4.30. The highest BCUT2D eigenvalue weighted by atomic mass is 19.1. The van der Waals surface area contributed by atoms with Gasteiger partial charge in [0.1, 0.15) is 5.82 Å². The molecule has 1 atom stereocenters. The number of benzene rings is 2. The molecular formula is C18H23FN2. The number of nitrogens with zero attached hydrogens (tertiary/aromatic N) is 1. The monoisotopic (exact) mass is 286 g/mol. The van der Waals surface area contributed by atoms with Gasteiger partial charge in [-0.2, -0.15) is 0 Å². The Morgan fingerprint density at radius 3 is 2.38 bits per heavy atom. The fourth-order valence-corrected chi connectivity index (χ4v) is 2.54. The molecule has 2 nitrogen and oxygen atoms in total. The Hall–Kier alpha value is -1.87. The van der Waals surface area contributed by atoms with Gasteiger partial charge in [-0.25, -0.2) is 4.39 Å². The highest BCUT2D eigenvalue weighted by Gasteiger charge is 2.09. The van der Waals surface area contributed by atoms with E-state index in [1.54, 1.807) is 6.07 Å². The van der Waals surface area contributed by atoms with Crippen LogP contribution in [-0.2, 0) is 0 Å². The van der Waals surface area contributed by atoms with E-state index >= 15 is 0 Å². The van der Waals surface area contributed by atoms with Crippen molar-refractivity contribution < 1.29 is 4.39 Å². The summed E-state index contributed by atoms with van der Waals surface area (Å²) in [6.45, 7) is 5.03. The van der Waals surface area contributed by atoms with Crippen molar-refractivity contribution in [3.63, 3.8) is 0 Å². The molecule has 1 unspecified atom stereocenters.